The second kappa shape index (κ2) is 9.41. The lowest BCUT2D eigenvalue weighted by Crippen LogP contribution is -2.32. The number of ketones is 1. The maximum Gasteiger partial charge on any atom is 0.290 e. The average Bonchev–Trinajstić information content (AvgIpc) is 3.33. The molecule has 1 amide bonds. The van der Waals surface area contributed by atoms with E-state index >= 15 is 0 Å². The van der Waals surface area contributed by atoms with Crippen LogP contribution in [0.2, 0.25) is 0 Å². The van der Waals surface area contributed by atoms with Gasteiger partial charge in [-0.2, -0.15) is 0 Å². The van der Waals surface area contributed by atoms with E-state index in [9.17, 15) is 14.7 Å². The molecule has 1 aliphatic heterocycles. The molecule has 0 fully saturated rings. The molecule has 1 N–H and O–H groups in total. The van der Waals surface area contributed by atoms with Gasteiger partial charge in [0, 0.05) is 49.9 Å². The second-order valence-corrected chi connectivity index (χ2v) is 9.03. The van der Waals surface area contributed by atoms with Crippen molar-refractivity contribution in [2.75, 3.05) is 39.3 Å². The lowest BCUT2D eigenvalue weighted by Gasteiger charge is -2.27. The summed E-state index contributed by atoms with van der Waals surface area (Å²) in [6.45, 7) is 0.791. The van der Waals surface area contributed by atoms with Crippen LogP contribution in [-0.4, -0.2) is 56.1 Å². The fraction of sp³-hybridized carbons (Fsp3) is 0.280. The van der Waals surface area contributed by atoms with Crippen LogP contribution >= 0.6 is 15.9 Å². The van der Waals surface area contributed by atoms with E-state index in [1.54, 1.807) is 19.2 Å². The van der Waals surface area contributed by atoms with E-state index in [4.69, 9.17) is 9.15 Å². The summed E-state index contributed by atoms with van der Waals surface area (Å²) in [5.74, 6) is -1.55. The minimum atomic E-state index is -0.724. The van der Waals surface area contributed by atoms with Gasteiger partial charge < -0.3 is 24.1 Å². The van der Waals surface area contributed by atoms with Gasteiger partial charge >= 0.3 is 0 Å². The van der Waals surface area contributed by atoms with E-state index < -0.39 is 23.5 Å². The number of hydrogen-bond acceptors (Lipinski definition) is 6. The molecule has 3 aromatic rings. The molecule has 1 aromatic heterocycles. The van der Waals surface area contributed by atoms with Crippen molar-refractivity contribution in [3.63, 3.8) is 0 Å². The molecule has 0 saturated heterocycles. The number of furan rings is 1. The molecule has 1 unspecified atom stereocenters. The molecule has 0 spiro atoms. The number of carbonyl (C=O) groups is 2. The largest absolute Gasteiger partial charge is 0.503 e. The van der Waals surface area contributed by atoms with E-state index in [-0.39, 0.29) is 11.3 Å². The van der Waals surface area contributed by atoms with Crippen molar-refractivity contribution in [1.29, 1.82) is 0 Å². The molecule has 1 aliphatic rings. The Bertz CT molecular complexity index is 1230. The number of amides is 1. The maximum absolute atomic E-state index is 13.6. The van der Waals surface area contributed by atoms with Crippen LogP contribution in [0.25, 0.3) is 11.0 Å². The molecule has 0 radical (unpaired) electrons. The number of carbonyl (C=O) groups excluding carboxylic acids is 2. The lowest BCUT2D eigenvalue weighted by atomic mass is 9.94. The SMILES string of the molecule is COCCCN1C(=O)C(O)=C(C(=O)c2cc3cc(Br)ccc3o2)C1c1ccc(N(C)C)cc1. The molecular weight excluding hydrogens is 488 g/mol. The predicted molar refractivity (Wildman–Crippen MR) is 130 cm³/mol. The van der Waals surface area contributed by atoms with Crippen LogP contribution in [0.5, 0.6) is 0 Å². The minimum absolute atomic E-state index is 0.0214. The van der Waals surface area contributed by atoms with Gasteiger partial charge in [-0.25, -0.2) is 0 Å². The van der Waals surface area contributed by atoms with Gasteiger partial charge in [0.15, 0.2) is 11.5 Å². The van der Waals surface area contributed by atoms with Crippen LogP contribution in [0, 0.1) is 0 Å². The van der Waals surface area contributed by atoms with Crippen LogP contribution < -0.4 is 4.90 Å². The highest BCUT2D eigenvalue weighted by Crippen LogP contribution is 2.40. The summed E-state index contributed by atoms with van der Waals surface area (Å²) in [6, 6.07) is 13.9. The van der Waals surface area contributed by atoms with Gasteiger partial charge in [-0.3, -0.25) is 9.59 Å². The summed E-state index contributed by atoms with van der Waals surface area (Å²) < 4.78 is 11.8. The van der Waals surface area contributed by atoms with Crippen molar-refractivity contribution < 1.29 is 23.8 Å². The summed E-state index contributed by atoms with van der Waals surface area (Å²) in [4.78, 5) is 30.0. The molecule has 8 heteroatoms. The highest BCUT2D eigenvalue weighted by molar-refractivity contribution is 9.10. The van der Waals surface area contributed by atoms with E-state index in [1.807, 2.05) is 55.4 Å². The number of benzene rings is 2. The molecule has 0 saturated carbocycles. The zero-order chi connectivity index (χ0) is 23.7. The number of hydrogen-bond donors (Lipinski definition) is 1. The fourth-order valence-corrected chi connectivity index (χ4v) is 4.43. The zero-order valence-electron chi connectivity index (χ0n) is 18.7. The maximum atomic E-state index is 13.6. The number of halogens is 1. The number of methoxy groups -OCH3 is 1. The van der Waals surface area contributed by atoms with E-state index in [2.05, 4.69) is 15.9 Å². The number of fused-ring (bicyclic) bond motifs is 1. The Morgan fingerprint density at radius 3 is 2.58 bits per heavy atom. The third-order valence-electron chi connectivity index (χ3n) is 5.72. The summed E-state index contributed by atoms with van der Waals surface area (Å²) in [6.07, 6.45) is 0.571. The van der Waals surface area contributed by atoms with Gasteiger partial charge in [-0.15, -0.1) is 0 Å². The van der Waals surface area contributed by atoms with Crippen LogP contribution in [0.3, 0.4) is 0 Å². The van der Waals surface area contributed by atoms with Crippen molar-refractivity contribution in [3.05, 3.63) is 75.7 Å². The highest BCUT2D eigenvalue weighted by Gasteiger charge is 2.44. The molecule has 33 heavy (non-hydrogen) atoms. The van der Waals surface area contributed by atoms with Crippen LogP contribution in [0.1, 0.15) is 28.6 Å². The molecule has 4 rings (SSSR count). The van der Waals surface area contributed by atoms with Gasteiger partial charge in [0.1, 0.15) is 5.58 Å². The van der Waals surface area contributed by atoms with Crippen molar-refractivity contribution >= 4 is 44.3 Å². The Labute approximate surface area is 200 Å². The van der Waals surface area contributed by atoms with Crippen molar-refractivity contribution in [2.45, 2.75) is 12.5 Å². The minimum Gasteiger partial charge on any atom is -0.503 e. The summed E-state index contributed by atoms with van der Waals surface area (Å²) in [7, 11) is 5.46. The summed E-state index contributed by atoms with van der Waals surface area (Å²) >= 11 is 3.42. The topological polar surface area (TPSA) is 83.2 Å². The van der Waals surface area contributed by atoms with Gasteiger partial charge in [0.2, 0.25) is 5.78 Å². The number of Topliss-reactive ketones (excluding diaryl/α,β-unsaturated/α-hetero) is 1. The van der Waals surface area contributed by atoms with Crippen LogP contribution in [0.15, 0.2) is 68.8 Å². The van der Waals surface area contributed by atoms with Crippen LogP contribution in [-0.2, 0) is 9.53 Å². The highest BCUT2D eigenvalue weighted by atomic mass is 79.9. The number of anilines is 1. The van der Waals surface area contributed by atoms with E-state index in [0.29, 0.717) is 25.2 Å². The average molecular weight is 513 g/mol. The van der Waals surface area contributed by atoms with E-state index in [0.717, 1.165) is 21.1 Å². The first-order chi connectivity index (χ1) is 15.8. The molecule has 7 nitrogen and oxygen atoms in total. The number of ether oxygens (including phenoxy) is 1. The van der Waals surface area contributed by atoms with Gasteiger partial charge in [-0.1, -0.05) is 28.1 Å². The third-order valence-corrected chi connectivity index (χ3v) is 6.22. The number of rotatable bonds is 8. The molecule has 2 aromatic carbocycles. The summed E-state index contributed by atoms with van der Waals surface area (Å²) in [5.41, 5.74) is 2.29. The first kappa shape index (κ1) is 23.1. The van der Waals surface area contributed by atoms with Gasteiger partial charge in [-0.05, 0) is 48.4 Å². The second-order valence-electron chi connectivity index (χ2n) is 8.12. The normalized spacial score (nSPS) is 16.2. The Kier molecular flexibility index (Phi) is 6.58. The van der Waals surface area contributed by atoms with Gasteiger partial charge in [0.05, 0.1) is 11.6 Å². The molecule has 0 bridgehead atoms. The van der Waals surface area contributed by atoms with Crippen molar-refractivity contribution in [3.8, 4) is 0 Å². The fourth-order valence-electron chi connectivity index (χ4n) is 4.06. The molecular formula is C25H25BrN2O5. The number of nitrogens with zero attached hydrogens (tertiary/aromatic N) is 2. The Hall–Kier alpha value is -3.10. The first-order valence-corrected chi connectivity index (χ1v) is 11.3. The monoisotopic (exact) mass is 512 g/mol. The van der Waals surface area contributed by atoms with Crippen molar-refractivity contribution in [2.24, 2.45) is 0 Å². The first-order valence-electron chi connectivity index (χ1n) is 10.6. The smallest absolute Gasteiger partial charge is 0.290 e. The van der Waals surface area contributed by atoms with Crippen LogP contribution in [0.4, 0.5) is 5.69 Å². The molecule has 2 heterocycles. The number of aliphatic hydroxyl groups is 1. The predicted octanol–water partition coefficient (Wildman–Crippen LogP) is 4.88. The Morgan fingerprint density at radius 2 is 1.91 bits per heavy atom. The zero-order valence-corrected chi connectivity index (χ0v) is 20.3. The standard InChI is InChI=1S/C25H25BrN2O5/c1-27(2)18-8-5-15(6-9-18)22-21(24(30)25(31)28(22)11-4-12-32-3)23(29)20-14-16-13-17(26)7-10-19(16)33-20/h5-10,13-14,22,30H,4,11-12H2,1-3H3. The lowest BCUT2D eigenvalue weighted by molar-refractivity contribution is -0.129. The number of aliphatic hydroxyl groups excluding tert-OH is 1. The molecule has 1 atom stereocenters. The third kappa shape index (κ3) is 4.41. The van der Waals surface area contributed by atoms with Gasteiger partial charge in [0.25, 0.3) is 5.91 Å². The molecule has 172 valence electrons. The summed E-state index contributed by atoms with van der Waals surface area (Å²) in [5, 5.41) is 11.5. The van der Waals surface area contributed by atoms with Crippen molar-refractivity contribution in [1.82, 2.24) is 4.90 Å². The Morgan fingerprint density at radius 1 is 1.18 bits per heavy atom. The Balaban J connectivity index is 1.76. The quantitative estimate of drug-likeness (QED) is 0.342. The molecule has 0 aliphatic carbocycles. The van der Waals surface area contributed by atoms with E-state index in [1.165, 1.54) is 4.90 Å².